The maximum atomic E-state index is 5.97. The molecular formula is C9H6BrClN2. The zero-order chi connectivity index (χ0) is 9.26. The van der Waals surface area contributed by atoms with E-state index in [4.69, 9.17) is 11.6 Å². The van der Waals surface area contributed by atoms with Crippen LogP contribution in [0.5, 0.6) is 0 Å². The third-order valence-corrected chi connectivity index (χ3v) is 2.71. The van der Waals surface area contributed by atoms with Crippen LogP contribution in [0, 0.1) is 0 Å². The summed E-state index contributed by atoms with van der Waals surface area (Å²) in [5.74, 6) is 0. The fourth-order valence-electron chi connectivity index (χ4n) is 1.19. The van der Waals surface area contributed by atoms with Crippen LogP contribution in [-0.2, 0) is 5.33 Å². The molecule has 2 rings (SSSR count). The van der Waals surface area contributed by atoms with Crippen molar-refractivity contribution in [3.8, 4) is 0 Å². The van der Waals surface area contributed by atoms with Gasteiger partial charge in [-0.25, -0.2) is 0 Å². The van der Waals surface area contributed by atoms with Crippen LogP contribution in [0.3, 0.4) is 0 Å². The fourth-order valence-corrected chi connectivity index (χ4v) is 1.84. The average molecular weight is 258 g/mol. The van der Waals surface area contributed by atoms with Gasteiger partial charge in [0, 0.05) is 17.7 Å². The molecule has 0 radical (unpaired) electrons. The molecule has 66 valence electrons. The molecule has 0 amide bonds. The van der Waals surface area contributed by atoms with E-state index in [1.54, 1.807) is 12.4 Å². The van der Waals surface area contributed by atoms with Gasteiger partial charge in [-0.05, 0) is 11.6 Å². The average Bonchev–Trinajstić information content (AvgIpc) is 2.19. The highest BCUT2D eigenvalue weighted by Crippen LogP contribution is 2.23. The van der Waals surface area contributed by atoms with Gasteiger partial charge < -0.3 is 0 Å². The Hall–Kier alpha value is -0.670. The molecule has 0 spiro atoms. The Morgan fingerprint density at radius 1 is 1.15 bits per heavy atom. The lowest BCUT2D eigenvalue weighted by Crippen LogP contribution is -1.88. The van der Waals surface area contributed by atoms with Crippen molar-refractivity contribution < 1.29 is 0 Å². The van der Waals surface area contributed by atoms with Crippen LogP contribution in [-0.4, -0.2) is 9.97 Å². The quantitative estimate of drug-likeness (QED) is 0.733. The zero-order valence-corrected chi connectivity index (χ0v) is 9.01. The SMILES string of the molecule is Clc1ccc(CBr)c2nccnc12. The van der Waals surface area contributed by atoms with E-state index in [-0.39, 0.29) is 0 Å². The summed E-state index contributed by atoms with van der Waals surface area (Å²) < 4.78 is 0. The van der Waals surface area contributed by atoms with Crippen LogP contribution >= 0.6 is 27.5 Å². The molecule has 1 heterocycles. The molecule has 4 heteroatoms. The number of hydrogen-bond acceptors (Lipinski definition) is 2. The topological polar surface area (TPSA) is 25.8 Å². The molecule has 0 saturated heterocycles. The highest BCUT2D eigenvalue weighted by molar-refractivity contribution is 9.08. The van der Waals surface area contributed by atoms with Crippen molar-refractivity contribution in [1.82, 2.24) is 9.97 Å². The van der Waals surface area contributed by atoms with Crippen molar-refractivity contribution in [2.24, 2.45) is 0 Å². The van der Waals surface area contributed by atoms with Gasteiger partial charge in [0.15, 0.2) is 0 Å². The van der Waals surface area contributed by atoms with E-state index in [0.717, 1.165) is 21.9 Å². The Bertz CT molecular complexity index is 445. The van der Waals surface area contributed by atoms with Crippen LogP contribution in [0.2, 0.25) is 5.02 Å². The molecule has 0 atom stereocenters. The highest BCUT2D eigenvalue weighted by atomic mass is 79.9. The van der Waals surface area contributed by atoms with Gasteiger partial charge in [-0.1, -0.05) is 33.6 Å². The minimum absolute atomic E-state index is 0.646. The van der Waals surface area contributed by atoms with E-state index in [1.165, 1.54) is 0 Å². The second-order valence-corrected chi connectivity index (χ2v) is 3.56. The smallest absolute Gasteiger partial charge is 0.108 e. The number of halogens is 2. The molecule has 0 unspecified atom stereocenters. The summed E-state index contributed by atoms with van der Waals surface area (Å²) in [5.41, 5.74) is 2.74. The summed E-state index contributed by atoms with van der Waals surface area (Å²) in [5, 5.41) is 1.41. The Morgan fingerprint density at radius 2 is 1.85 bits per heavy atom. The molecule has 13 heavy (non-hydrogen) atoms. The fraction of sp³-hybridized carbons (Fsp3) is 0.111. The normalized spacial score (nSPS) is 10.6. The van der Waals surface area contributed by atoms with Gasteiger partial charge in [-0.3, -0.25) is 9.97 Å². The lowest BCUT2D eigenvalue weighted by atomic mass is 10.2. The summed E-state index contributed by atoms with van der Waals surface area (Å²) in [6, 6.07) is 3.79. The van der Waals surface area contributed by atoms with Crippen molar-refractivity contribution in [3.63, 3.8) is 0 Å². The molecule has 0 N–H and O–H groups in total. The Labute approximate surface area is 89.1 Å². The van der Waals surface area contributed by atoms with Gasteiger partial charge >= 0.3 is 0 Å². The molecule has 1 aromatic heterocycles. The Balaban J connectivity index is 2.84. The Kier molecular flexibility index (Phi) is 2.47. The monoisotopic (exact) mass is 256 g/mol. The van der Waals surface area contributed by atoms with Crippen molar-refractivity contribution in [3.05, 3.63) is 35.1 Å². The number of nitrogens with zero attached hydrogens (tertiary/aromatic N) is 2. The van der Waals surface area contributed by atoms with Crippen LogP contribution in [0.1, 0.15) is 5.56 Å². The molecule has 2 aromatic rings. The molecule has 0 aliphatic carbocycles. The third kappa shape index (κ3) is 1.54. The molecule has 0 aliphatic heterocycles. The minimum Gasteiger partial charge on any atom is -0.253 e. The number of rotatable bonds is 1. The van der Waals surface area contributed by atoms with Crippen molar-refractivity contribution in [2.75, 3.05) is 0 Å². The van der Waals surface area contributed by atoms with Crippen molar-refractivity contribution in [1.29, 1.82) is 0 Å². The number of aromatic nitrogens is 2. The van der Waals surface area contributed by atoms with Gasteiger partial charge in [0.1, 0.15) is 5.52 Å². The van der Waals surface area contributed by atoms with Gasteiger partial charge in [-0.2, -0.15) is 0 Å². The van der Waals surface area contributed by atoms with Crippen molar-refractivity contribution in [2.45, 2.75) is 5.33 Å². The predicted octanol–water partition coefficient (Wildman–Crippen LogP) is 3.18. The highest BCUT2D eigenvalue weighted by Gasteiger charge is 2.04. The number of hydrogen-bond donors (Lipinski definition) is 0. The van der Waals surface area contributed by atoms with E-state index >= 15 is 0 Å². The Morgan fingerprint density at radius 3 is 2.54 bits per heavy atom. The first-order valence-electron chi connectivity index (χ1n) is 3.77. The number of alkyl halides is 1. The van der Waals surface area contributed by atoms with Gasteiger partial charge in [0.25, 0.3) is 0 Å². The summed E-state index contributed by atoms with van der Waals surface area (Å²) in [4.78, 5) is 8.41. The van der Waals surface area contributed by atoms with E-state index in [2.05, 4.69) is 25.9 Å². The van der Waals surface area contributed by atoms with Crippen LogP contribution in [0.15, 0.2) is 24.5 Å². The first kappa shape index (κ1) is 8.91. The maximum absolute atomic E-state index is 5.97. The summed E-state index contributed by atoms with van der Waals surface area (Å²) in [6.07, 6.45) is 3.32. The molecule has 0 fully saturated rings. The standard InChI is InChI=1S/C9H6BrClN2/c10-5-6-1-2-7(11)9-8(6)12-3-4-13-9/h1-4H,5H2. The number of benzene rings is 1. The first-order chi connectivity index (χ1) is 6.33. The summed E-state index contributed by atoms with van der Waals surface area (Å²) in [7, 11) is 0. The molecule has 0 aliphatic rings. The maximum Gasteiger partial charge on any atom is 0.108 e. The molecule has 0 bridgehead atoms. The molecule has 0 saturated carbocycles. The van der Waals surface area contributed by atoms with Gasteiger partial charge in [-0.15, -0.1) is 0 Å². The first-order valence-corrected chi connectivity index (χ1v) is 5.27. The van der Waals surface area contributed by atoms with Crippen LogP contribution in [0.4, 0.5) is 0 Å². The minimum atomic E-state index is 0.646. The second kappa shape index (κ2) is 3.60. The van der Waals surface area contributed by atoms with Crippen LogP contribution in [0.25, 0.3) is 11.0 Å². The molecule has 2 nitrogen and oxygen atoms in total. The van der Waals surface area contributed by atoms with Gasteiger partial charge in [0.05, 0.1) is 10.5 Å². The van der Waals surface area contributed by atoms with E-state index < -0.39 is 0 Å². The summed E-state index contributed by atoms with van der Waals surface area (Å²) in [6.45, 7) is 0. The second-order valence-electron chi connectivity index (χ2n) is 2.59. The van der Waals surface area contributed by atoms with Crippen LogP contribution < -0.4 is 0 Å². The zero-order valence-electron chi connectivity index (χ0n) is 6.67. The summed E-state index contributed by atoms with van der Waals surface area (Å²) >= 11 is 9.36. The largest absolute Gasteiger partial charge is 0.253 e. The predicted molar refractivity (Wildman–Crippen MR) is 57.2 cm³/mol. The van der Waals surface area contributed by atoms with Gasteiger partial charge in [0.2, 0.25) is 0 Å². The molecular weight excluding hydrogens is 251 g/mol. The third-order valence-electron chi connectivity index (χ3n) is 1.80. The van der Waals surface area contributed by atoms with E-state index in [9.17, 15) is 0 Å². The van der Waals surface area contributed by atoms with E-state index in [1.807, 2.05) is 12.1 Å². The molecule has 1 aromatic carbocycles. The lowest BCUT2D eigenvalue weighted by Gasteiger charge is -2.02. The lowest BCUT2D eigenvalue weighted by molar-refractivity contribution is 1.27. The number of fused-ring (bicyclic) bond motifs is 1. The van der Waals surface area contributed by atoms with Crippen molar-refractivity contribution >= 4 is 38.6 Å². The van der Waals surface area contributed by atoms with E-state index in [0.29, 0.717) is 5.02 Å².